The molecule has 1 rings (SSSR count). The van der Waals surface area contributed by atoms with E-state index in [1.807, 2.05) is 0 Å². The molecule has 0 saturated heterocycles. The molecule has 2 N–H and O–H groups in total. The molecule has 22 heavy (non-hydrogen) atoms. The van der Waals surface area contributed by atoms with Crippen LogP contribution in [-0.2, 0) is 21.0 Å². The highest BCUT2D eigenvalue weighted by atomic mass is 32.2. The Balaban J connectivity index is 3.27. The number of benzene rings is 1. The number of halogens is 3. The molecule has 1 amide bonds. The summed E-state index contributed by atoms with van der Waals surface area (Å²) in [4.78, 5) is 10.5. The standard InChI is InChI=1S/C13H17F3N2O3S/c1-9(2)7-18(8-12(17)19)22(20,21)11-5-3-4-10(6-11)13(14,15)16/h3-6,9H,7-8H2,1-2H3,(H2,17,19). The minimum absolute atomic E-state index is 0.0263. The summed E-state index contributed by atoms with van der Waals surface area (Å²) in [7, 11) is -4.24. The summed E-state index contributed by atoms with van der Waals surface area (Å²) >= 11 is 0. The van der Waals surface area contributed by atoms with Crippen LogP contribution < -0.4 is 5.73 Å². The molecule has 9 heteroatoms. The second-order valence-corrected chi connectivity index (χ2v) is 7.12. The van der Waals surface area contributed by atoms with Crippen LogP contribution in [0, 0.1) is 5.92 Å². The van der Waals surface area contributed by atoms with E-state index >= 15 is 0 Å². The minimum Gasteiger partial charge on any atom is -0.369 e. The van der Waals surface area contributed by atoms with E-state index in [0.717, 1.165) is 22.5 Å². The Kier molecular flexibility index (Phi) is 5.58. The van der Waals surface area contributed by atoms with Crippen LogP contribution in [0.25, 0.3) is 0 Å². The molecule has 0 heterocycles. The topological polar surface area (TPSA) is 80.5 Å². The Hall–Kier alpha value is -1.61. The van der Waals surface area contributed by atoms with Gasteiger partial charge in [0.15, 0.2) is 0 Å². The first-order chi connectivity index (χ1) is 9.94. The van der Waals surface area contributed by atoms with E-state index in [-0.39, 0.29) is 12.5 Å². The van der Waals surface area contributed by atoms with E-state index in [1.54, 1.807) is 13.8 Å². The molecule has 0 aliphatic rings. The molecule has 0 bridgehead atoms. The van der Waals surface area contributed by atoms with Crippen molar-refractivity contribution in [2.24, 2.45) is 11.7 Å². The zero-order chi connectivity index (χ0) is 17.1. The van der Waals surface area contributed by atoms with Crippen LogP contribution in [0.2, 0.25) is 0 Å². The normalized spacial score (nSPS) is 12.9. The van der Waals surface area contributed by atoms with Gasteiger partial charge in [-0.15, -0.1) is 0 Å². The highest BCUT2D eigenvalue weighted by Gasteiger charge is 2.33. The van der Waals surface area contributed by atoms with Crippen molar-refractivity contribution in [2.45, 2.75) is 24.9 Å². The lowest BCUT2D eigenvalue weighted by atomic mass is 10.2. The van der Waals surface area contributed by atoms with Crippen LogP contribution in [0.3, 0.4) is 0 Å². The van der Waals surface area contributed by atoms with Gasteiger partial charge in [0.05, 0.1) is 17.0 Å². The van der Waals surface area contributed by atoms with Crippen molar-refractivity contribution in [1.82, 2.24) is 4.31 Å². The summed E-state index contributed by atoms with van der Waals surface area (Å²) in [5, 5.41) is 0. The molecule has 0 radical (unpaired) electrons. The van der Waals surface area contributed by atoms with Crippen molar-refractivity contribution in [2.75, 3.05) is 13.1 Å². The SMILES string of the molecule is CC(C)CN(CC(N)=O)S(=O)(=O)c1cccc(C(F)(F)F)c1. The van der Waals surface area contributed by atoms with Crippen molar-refractivity contribution < 1.29 is 26.4 Å². The van der Waals surface area contributed by atoms with E-state index in [0.29, 0.717) is 6.07 Å². The van der Waals surface area contributed by atoms with Gasteiger partial charge < -0.3 is 5.73 Å². The number of nitrogens with two attached hydrogens (primary N) is 1. The third-order valence-electron chi connectivity index (χ3n) is 2.70. The van der Waals surface area contributed by atoms with Crippen molar-refractivity contribution >= 4 is 15.9 Å². The first kappa shape index (κ1) is 18.4. The van der Waals surface area contributed by atoms with Gasteiger partial charge in [0, 0.05) is 6.54 Å². The molecule has 1 aromatic carbocycles. The van der Waals surface area contributed by atoms with Gasteiger partial charge in [0.25, 0.3) is 0 Å². The number of rotatable bonds is 6. The Morgan fingerprint density at radius 3 is 2.36 bits per heavy atom. The highest BCUT2D eigenvalue weighted by Crippen LogP contribution is 2.31. The number of hydrogen-bond acceptors (Lipinski definition) is 3. The molecule has 0 atom stereocenters. The lowest BCUT2D eigenvalue weighted by Gasteiger charge is -2.23. The number of carbonyl (C=O) groups excluding carboxylic acids is 1. The van der Waals surface area contributed by atoms with Gasteiger partial charge in [0.1, 0.15) is 0 Å². The number of alkyl halides is 3. The molecular formula is C13H17F3N2O3S. The lowest BCUT2D eigenvalue weighted by molar-refractivity contribution is -0.137. The predicted octanol–water partition coefficient (Wildman–Crippen LogP) is 1.84. The summed E-state index contributed by atoms with van der Waals surface area (Å²) < 4.78 is 63.7. The van der Waals surface area contributed by atoms with Crippen molar-refractivity contribution in [1.29, 1.82) is 0 Å². The Labute approximate surface area is 127 Å². The maximum atomic E-state index is 12.7. The van der Waals surface area contributed by atoms with Crippen LogP contribution in [0.1, 0.15) is 19.4 Å². The van der Waals surface area contributed by atoms with Crippen LogP contribution in [-0.4, -0.2) is 31.7 Å². The van der Waals surface area contributed by atoms with Crippen LogP contribution in [0.5, 0.6) is 0 Å². The van der Waals surface area contributed by atoms with Gasteiger partial charge in [-0.05, 0) is 24.1 Å². The first-order valence-corrected chi connectivity index (χ1v) is 7.84. The van der Waals surface area contributed by atoms with Crippen LogP contribution >= 0.6 is 0 Å². The average molecular weight is 338 g/mol. The van der Waals surface area contributed by atoms with Gasteiger partial charge in [-0.1, -0.05) is 19.9 Å². The predicted molar refractivity (Wildman–Crippen MR) is 74.2 cm³/mol. The van der Waals surface area contributed by atoms with Crippen molar-refractivity contribution in [3.63, 3.8) is 0 Å². The number of carbonyl (C=O) groups is 1. The second-order valence-electron chi connectivity index (χ2n) is 5.18. The quantitative estimate of drug-likeness (QED) is 0.859. The number of amides is 1. The fraction of sp³-hybridized carbons (Fsp3) is 0.462. The molecule has 0 unspecified atom stereocenters. The lowest BCUT2D eigenvalue weighted by Crippen LogP contribution is -2.40. The molecule has 0 saturated carbocycles. The fourth-order valence-electron chi connectivity index (χ4n) is 1.81. The third kappa shape index (κ3) is 4.70. The van der Waals surface area contributed by atoms with Gasteiger partial charge in [0.2, 0.25) is 15.9 Å². The Morgan fingerprint density at radius 2 is 1.91 bits per heavy atom. The highest BCUT2D eigenvalue weighted by molar-refractivity contribution is 7.89. The van der Waals surface area contributed by atoms with Gasteiger partial charge >= 0.3 is 6.18 Å². The largest absolute Gasteiger partial charge is 0.416 e. The smallest absolute Gasteiger partial charge is 0.369 e. The summed E-state index contributed by atoms with van der Waals surface area (Å²) in [6.45, 7) is 2.82. The third-order valence-corrected chi connectivity index (χ3v) is 4.51. The van der Waals surface area contributed by atoms with Gasteiger partial charge in [-0.2, -0.15) is 17.5 Å². The number of nitrogens with zero attached hydrogens (tertiary/aromatic N) is 1. The zero-order valence-corrected chi connectivity index (χ0v) is 12.9. The molecule has 124 valence electrons. The average Bonchev–Trinajstić information content (AvgIpc) is 2.36. The molecular weight excluding hydrogens is 321 g/mol. The molecule has 0 aliphatic carbocycles. The van der Waals surface area contributed by atoms with Gasteiger partial charge in [-0.25, -0.2) is 8.42 Å². The summed E-state index contributed by atoms with van der Waals surface area (Å²) in [5.41, 5.74) is 3.95. The number of sulfonamides is 1. The molecule has 5 nitrogen and oxygen atoms in total. The maximum absolute atomic E-state index is 12.7. The van der Waals surface area contributed by atoms with Gasteiger partial charge in [-0.3, -0.25) is 4.79 Å². The van der Waals surface area contributed by atoms with E-state index in [9.17, 15) is 26.4 Å². The fourth-order valence-corrected chi connectivity index (χ4v) is 3.43. The van der Waals surface area contributed by atoms with Crippen LogP contribution in [0.15, 0.2) is 29.2 Å². The molecule has 0 aromatic heterocycles. The maximum Gasteiger partial charge on any atom is 0.416 e. The van der Waals surface area contributed by atoms with E-state index in [2.05, 4.69) is 0 Å². The monoisotopic (exact) mass is 338 g/mol. The molecule has 0 aliphatic heterocycles. The van der Waals surface area contributed by atoms with Crippen LogP contribution in [0.4, 0.5) is 13.2 Å². The van der Waals surface area contributed by atoms with E-state index in [4.69, 9.17) is 5.73 Å². The Bertz CT molecular complexity index is 642. The number of primary amides is 1. The molecule has 0 spiro atoms. The minimum atomic E-state index is -4.65. The number of hydrogen-bond donors (Lipinski definition) is 1. The van der Waals surface area contributed by atoms with E-state index in [1.165, 1.54) is 0 Å². The first-order valence-electron chi connectivity index (χ1n) is 6.40. The van der Waals surface area contributed by atoms with E-state index < -0.39 is 39.1 Å². The summed E-state index contributed by atoms with van der Waals surface area (Å²) in [6, 6.07) is 3.38. The van der Waals surface area contributed by atoms with Crippen molar-refractivity contribution in [3.8, 4) is 0 Å². The molecule has 0 fully saturated rings. The summed E-state index contributed by atoms with van der Waals surface area (Å²) in [5.74, 6) is -1.00. The summed E-state index contributed by atoms with van der Waals surface area (Å²) in [6.07, 6.45) is -4.65. The second kappa shape index (κ2) is 6.66. The van der Waals surface area contributed by atoms with Crippen molar-refractivity contribution in [3.05, 3.63) is 29.8 Å². The molecule has 1 aromatic rings. The Morgan fingerprint density at radius 1 is 1.32 bits per heavy atom. The zero-order valence-electron chi connectivity index (χ0n) is 12.1.